The Morgan fingerprint density at radius 1 is 1.64 bits per heavy atom. The van der Waals surface area contributed by atoms with Crippen LogP contribution in [0.5, 0.6) is 0 Å². The summed E-state index contributed by atoms with van der Waals surface area (Å²) in [4.78, 5) is 10.4. The van der Waals surface area contributed by atoms with Gasteiger partial charge < -0.3 is 4.74 Å². The summed E-state index contributed by atoms with van der Waals surface area (Å²) >= 11 is 0. The average Bonchev–Trinajstić information content (AvgIpc) is 1.97. The van der Waals surface area contributed by atoms with Gasteiger partial charge in [0, 0.05) is 5.92 Å². The molecule has 0 atom stereocenters. The van der Waals surface area contributed by atoms with Gasteiger partial charge in [-0.3, -0.25) is 0 Å². The molecule has 0 saturated heterocycles. The molecule has 0 unspecified atom stereocenters. The molecule has 11 heavy (non-hydrogen) atoms. The Balaban J connectivity index is 3.16. The van der Waals surface area contributed by atoms with E-state index in [1.54, 1.807) is 0 Å². The molecule has 0 aromatic carbocycles. The number of ether oxygens (including phenoxy) is 1. The van der Waals surface area contributed by atoms with Gasteiger partial charge in [-0.15, -0.1) is 6.42 Å². The molecule has 0 spiro atoms. The van der Waals surface area contributed by atoms with E-state index in [-0.39, 0.29) is 0 Å². The van der Waals surface area contributed by atoms with E-state index in [4.69, 9.17) is 6.42 Å². The Morgan fingerprint density at radius 3 is 2.73 bits per heavy atom. The van der Waals surface area contributed by atoms with Gasteiger partial charge in [0.05, 0.1) is 6.61 Å². The monoisotopic (exact) mass is 154 g/mol. The Labute approximate surface area is 67.9 Å². The number of carbonyl (C=O) groups excluding carboxylic acids is 1. The lowest BCUT2D eigenvalue weighted by Crippen LogP contribution is -2.03. The molecule has 2 heteroatoms. The van der Waals surface area contributed by atoms with Gasteiger partial charge >= 0.3 is 5.97 Å². The number of rotatable bonds is 4. The van der Waals surface area contributed by atoms with Crippen LogP contribution in [0.4, 0.5) is 0 Å². The second-order valence-corrected chi connectivity index (χ2v) is 2.82. The van der Waals surface area contributed by atoms with Crippen LogP contribution in [0.25, 0.3) is 0 Å². The predicted molar refractivity (Wildman–Crippen MR) is 43.9 cm³/mol. The maximum absolute atomic E-state index is 10.4. The van der Waals surface area contributed by atoms with Gasteiger partial charge in [0.2, 0.25) is 0 Å². The second-order valence-electron chi connectivity index (χ2n) is 2.82. The maximum atomic E-state index is 10.4. The quantitative estimate of drug-likeness (QED) is 0.266. The highest BCUT2D eigenvalue weighted by molar-refractivity contribution is 5.87. The molecule has 62 valence electrons. The summed E-state index contributed by atoms with van der Waals surface area (Å²) in [6.07, 6.45) is 6.75. The second kappa shape index (κ2) is 5.79. The van der Waals surface area contributed by atoms with Crippen molar-refractivity contribution in [3.8, 4) is 12.3 Å². The highest BCUT2D eigenvalue weighted by Crippen LogP contribution is 2.02. The summed E-state index contributed by atoms with van der Waals surface area (Å²) in [7, 11) is 0. The van der Waals surface area contributed by atoms with Crippen LogP contribution in [-0.2, 0) is 9.53 Å². The van der Waals surface area contributed by atoms with Crippen LogP contribution >= 0.6 is 0 Å². The summed E-state index contributed by atoms with van der Waals surface area (Å²) in [6.45, 7) is 4.70. The normalized spacial score (nSPS) is 9.27. The highest BCUT2D eigenvalue weighted by atomic mass is 16.5. The first-order chi connectivity index (χ1) is 5.16. The fourth-order valence-electron chi connectivity index (χ4n) is 0.698. The van der Waals surface area contributed by atoms with Gasteiger partial charge in [-0.25, -0.2) is 4.79 Å². The predicted octanol–water partition coefficient (Wildman–Crippen LogP) is 1.60. The summed E-state index contributed by atoms with van der Waals surface area (Å²) in [5, 5.41) is 0. The zero-order chi connectivity index (χ0) is 8.69. The van der Waals surface area contributed by atoms with Crippen molar-refractivity contribution in [3.63, 3.8) is 0 Å². The van der Waals surface area contributed by atoms with Gasteiger partial charge in [0.15, 0.2) is 0 Å². The molecule has 0 bridgehead atoms. The highest BCUT2D eigenvalue weighted by Gasteiger charge is 1.97. The lowest BCUT2D eigenvalue weighted by molar-refractivity contribution is -0.136. The summed E-state index contributed by atoms with van der Waals surface area (Å²) in [6, 6.07) is 0. The van der Waals surface area contributed by atoms with Crippen molar-refractivity contribution in [2.24, 2.45) is 5.92 Å². The molecule has 0 radical (unpaired) electrons. The van der Waals surface area contributed by atoms with E-state index in [0.29, 0.717) is 12.5 Å². The molecule has 0 aliphatic rings. The molecular weight excluding hydrogens is 140 g/mol. The maximum Gasteiger partial charge on any atom is 0.384 e. The lowest BCUT2D eigenvalue weighted by atomic mass is 10.1. The number of terminal acetylenes is 1. The minimum absolute atomic E-state index is 0.446. The number of hydrogen-bond acceptors (Lipinski definition) is 2. The molecule has 0 aliphatic carbocycles. The van der Waals surface area contributed by atoms with E-state index >= 15 is 0 Å². The van der Waals surface area contributed by atoms with E-state index in [1.807, 2.05) is 5.92 Å². The number of hydrogen-bond donors (Lipinski definition) is 0. The standard InChI is InChI=1S/C9H14O2/c1-4-9(10)11-7-5-6-8(2)3/h1,8H,5-7H2,2-3H3. The van der Waals surface area contributed by atoms with Gasteiger partial charge in [0.25, 0.3) is 0 Å². The van der Waals surface area contributed by atoms with E-state index in [1.165, 1.54) is 0 Å². The zero-order valence-corrected chi connectivity index (χ0v) is 7.09. The third-order valence-corrected chi connectivity index (χ3v) is 1.28. The smallest absolute Gasteiger partial charge is 0.384 e. The molecule has 0 amide bonds. The van der Waals surface area contributed by atoms with Crippen molar-refractivity contribution in [1.29, 1.82) is 0 Å². The van der Waals surface area contributed by atoms with Crippen molar-refractivity contribution >= 4 is 5.97 Å². The molecule has 0 aromatic rings. The van der Waals surface area contributed by atoms with Gasteiger partial charge in [0.1, 0.15) is 0 Å². The lowest BCUT2D eigenvalue weighted by Gasteiger charge is -2.03. The van der Waals surface area contributed by atoms with Crippen molar-refractivity contribution in [2.75, 3.05) is 6.61 Å². The van der Waals surface area contributed by atoms with E-state index in [2.05, 4.69) is 18.6 Å². The summed E-state index contributed by atoms with van der Waals surface area (Å²) in [5.41, 5.74) is 0. The molecule has 0 rings (SSSR count). The van der Waals surface area contributed by atoms with E-state index in [0.717, 1.165) is 12.8 Å². The van der Waals surface area contributed by atoms with Crippen LogP contribution in [0.15, 0.2) is 0 Å². The van der Waals surface area contributed by atoms with Gasteiger partial charge in [-0.2, -0.15) is 0 Å². The first kappa shape index (κ1) is 10.0. The van der Waals surface area contributed by atoms with E-state index < -0.39 is 5.97 Å². The topological polar surface area (TPSA) is 26.3 Å². The molecule has 0 aliphatic heterocycles. The number of carbonyl (C=O) groups is 1. The fraction of sp³-hybridized carbons (Fsp3) is 0.667. The van der Waals surface area contributed by atoms with Crippen LogP contribution in [0.3, 0.4) is 0 Å². The summed E-state index contributed by atoms with van der Waals surface area (Å²) in [5.74, 6) is 1.98. The third kappa shape index (κ3) is 6.92. The number of esters is 1. The molecule has 0 saturated carbocycles. The minimum Gasteiger partial charge on any atom is -0.456 e. The van der Waals surface area contributed by atoms with Crippen molar-refractivity contribution < 1.29 is 9.53 Å². The summed E-state index contributed by atoms with van der Waals surface area (Å²) < 4.78 is 4.67. The minimum atomic E-state index is -0.561. The molecular formula is C9H14O2. The molecule has 2 nitrogen and oxygen atoms in total. The van der Waals surface area contributed by atoms with E-state index in [9.17, 15) is 4.79 Å². The SMILES string of the molecule is C#CC(=O)OCCCC(C)C. The zero-order valence-electron chi connectivity index (χ0n) is 7.09. The van der Waals surface area contributed by atoms with Gasteiger partial charge in [-0.1, -0.05) is 13.8 Å². The van der Waals surface area contributed by atoms with Crippen molar-refractivity contribution in [2.45, 2.75) is 26.7 Å². The molecule has 0 heterocycles. The van der Waals surface area contributed by atoms with Crippen LogP contribution in [0.1, 0.15) is 26.7 Å². The Hall–Kier alpha value is -0.970. The van der Waals surface area contributed by atoms with Crippen LogP contribution in [0, 0.1) is 18.3 Å². The molecule has 0 N–H and O–H groups in total. The Morgan fingerprint density at radius 2 is 2.27 bits per heavy atom. The van der Waals surface area contributed by atoms with Gasteiger partial charge in [-0.05, 0) is 18.8 Å². The third-order valence-electron chi connectivity index (χ3n) is 1.28. The van der Waals surface area contributed by atoms with Crippen molar-refractivity contribution in [3.05, 3.63) is 0 Å². The largest absolute Gasteiger partial charge is 0.456 e. The molecule has 0 fully saturated rings. The molecule has 0 aromatic heterocycles. The fourth-order valence-corrected chi connectivity index (χ4v) is 0.698. The first-order valence-electron chi connectivity index (χ1n) is 3.80. The van der Waals surface area contributed by atoms with Crippen LogP contribution in [0.2, 0.25) is 0 Å². The Bertz CT molecular complexity index is 153. The first-order valence-corrected chi connectivity index (χ1v) is 3.80. The van der Waals surface area contributed by atoms with Crippen LogP contribution in [-0.4, -0.2) is 12.6 Å². The van der Waals surface area contributed by atoms with Crippen LogP contribution < -0.4 is 0 Å². The average molecular weight is 154 g/mol. The Kier molecular flexibility index (Phi) is 5.28. The van der Waals surface area contributed by atoms with Crippen molar-refractivity contribution in [1.82, 2.24) is 0 Å².